The van der Waals surface area contributed by atoms with Crippen molar-refractivity contribution in [2.24, 2.45) is 11.0 Å². The molecule has 1 amide bonds. The van der Waals surface area contributed by atoms with E-state index >= 15 is 0 Å². The lowest BCUT2D eigenvalue weighted by Gasteiger charge is -2.29. The number of carbonyl (C=O) groups is 2. The quantitative estimate of drug-likeness (QED) is 0.188. The van der Waals surface area contributed by atoms with Gasteiger partial charge in [0.25, 0.3) is 11.6 Å². The summed E-state index contributed by atoms with van der Waals surface area (Å²) in [7, 11) is 3.22. The minimum Gasteiger partial charge on any atom is -0.497 e. The van der Waals surface area contributed by atoms with Crippen molar-refractivity contribution in [2.75, 3.05) is 20.8 Å². The summed E-state index contributed by atoms with van der Waals surface area (Å²) in [5, 5.41) is 17.4. The Labute approximate surface area is 243 Å². The largest absolute Gasteiger partial charge is 0.497 e. The normalized spacial score (nSPS) is 18.7. The number of hydrazone groups is 1. The number of ether oxygens (including phenoxy) is 3. The fourth-order valence-electron chi connectivity index (χ4n) is 5.51. The standard InChI is InChI=1S/C32H31N3O7/c1-20-17-24(11-16-28(20)35(38)39)32(37)42-19-29(36)34-31(22-9-14-26(41-3)15-10-22)27-6-4-5-23(30(27)33-34)18-21-7-12-25(40-2)13-8-21/h7-18,27,31H,4-6,19H2,1-3H3. The molecule has 1 fully saturated rings. The smallest absolute Gasteiger partial charge is 0.338 e. The van der Waals surface area contributed by atoms with Crippen LogP contribution in [0.1, 0.15) is 52.4 Å². The van der Waals surface area contributed by atoms with Gasteiger partial charge < -0.3 is 14.2 Å². The lowest BCUT2D eigenvalue weighted by Crippen LogP contribution is -2.34. The van der Waals surface area contributed by atoms with Gasteiger partial charge in [0.1, 0.15) is 11.5 Å². The van der Waals surface area contributed by atoms with Crippen LogP contribution >= 0.6 is 0 Å². The highest BCUT2D eigenvalue weighted by atomic mass is 16.6. The zero-order valence-electron chi connectivity index (χ0n) is 23.6. The number of carbonyl (C=O) groups excluding carboxylic acids is 2. The molecule has 2 atom stereocenters. The van der Waals surface area contributed by atoms with Gasteiger partial charge in [-0.2, -0.15) is 5.10 Å². The highest BCUT2D eigenvalue weighted by Crippen LogP contribution is 2.44. The van der Waals surface area contributed by atoms with Crippen molar-refractivity contribution in [1.29, 1.82) is 0 Å². The Morgan fingerprint density at radius 2 is 1.69 bits per heavy atom. The summed E-state index contributed by atoms with van der Waals surface area (Å²) in [5.41, 5.74) is 4.17. The molecular formula is C32H31N3O7. The van der Waals surface area contributed by atoms with Gasteiger partial charge in [-0.1, -0.05) is 24.3 Å². The molecule has 1 heterocycles. The van der Waals surface area contributed by atoms with Gasteiger partial charge in [0.15, 0.2) is 6.61 Å². The fraction of sp³-hybridized carbons (Fsp3) is 0.281. The van der Waals surface area contributed by atoms with Crippen LogP contribution in [0.15, 0.2) is 77.4 Å². The molecule has 2 unspecified atom stereocenters. The van der Waals surface area contributed by atoms with Crippen molar-refractivity contribution in [3.8, 4) is 11.5 Å². The van der Waals surface area contributed by atoms with Gasteiger partial charge in [-0.3, -0.25) is 14.9 Å². The van der Waals surface area contributed by atoms with Crippen LogP contribution in [0.25, 0.3) is 6.08 Å². The second-order valence-corrected chi connectivity index (χ2v) is 10.2. The number of benzene rings is 3. The topological polar surface area (TPSA) is 121 Å². The number of rotatable bonds is 8. The SMILES string of the molecule is COc1ccc(C=C2CCCC3C2=NN(C(=O)COC(=O)c2ccc([N+](=O)[O-])c(C)c2)C3c2ccc(OC)cc2)cc1. The highest BCUT2D eigenvalue weighted by molar-refractivity contribution is 6.08. The van der Waals surface area contributed by atoms with E-state index in [1.165, 1.54) is 23.2 Å². The van der Waals surface area contributed by atoms with Gasteiger partial charge in [0, 0.05) is 17.5 Å². The molecule has 0 radical (unpaired) electrons. The Kier molecular flexibility index (Phi) is 8.33. The van der Waals surface area contributed by atoms with Crippen LogP contribution in [0.5, 0.6) is 11.5 Å². The summed E-state index contributed by atoms with van der Waals surface area (Å²) in [6.45, 7) is 1.02. The molecule has 1 saturated carbocycles. The maximum atomic E-state index is 13.6. The van der Waals surface area contributed by atoms with E-state index in [4.69, 9.17) is 19.3 Å². The Balaban J connectivity index is 1.41. The molecular weight excluding hydrogens is 538 g/mol. The van der Waals surface area contributed by atoms with Gasteiger partial charge in [0.2, 0.25) is 0 Å². The molecule has 0 aromatic heterocycles. The molecule has 0 bridgehead atoms. The third kappa shape index (κ3) is 5.88. The van der Waals surface area contributed by atoms with Gasteiger partial charge in [-0.05, 0) is 85.4 Å². The van der Waals surface area contributed by atoms with E-state index in [2.05, 4.69) is 6.08 Å². The number of nitro groups is 1. The van der Waals surface area contributed by atoms with Crippen molar-refractivity contribution in [3.63, 3.8) is 0 Å². The van der Waals surface area contributed by atoms with Crippen molar-refractivity contribution in [1.82, 2.24) is 5.01 Å². The van der Waals surface area contributed by atoms with Crippen molar-refractivity contribution in [2.45, 2.75) is 32.2 Å². The fourth-order valence-corrected chi connectivity index (χ4v) is 5.51. The van der Waals surface area contributed by atoms with E-state index in [9.17, 15) is 19.7 Å². The maximum Gasteiger partial charge on any atom is 0.338 e. The van der Waals surface area contributed by atoms with Crippen LogP contribution in [-0.2, 0) is 9.53 Å². The minimum atomic E-state index is -0.744. The Hall–Kier alpha value is -4.99. The molecule has 0 saturated heterocycles. The van der Waals surface area contributed by atoms with E-state index in [-0.39, 0.29) is 23.2 Å². The molecule has 1 aliphatic carbocycles. The molecule has 10 heteroatoms. The Bertz CT molecular complexity index is 1560. The van der Waals surface area contributed by atoms with E-state index < -0.39 is 23.4 Å². The van der Waals surface area contributed by atoms with Gasteiger partial charge in [-0.25, -0.2) is 9.80 Å². The zero-order valence-corrected chi connectivity index (χ0v) is 23.6. The second-order valence-electron chi connectivity index (χ2n) is 10.2. The molecule has 3 aromatic carbocycles. The number of nitro benzene ring substituents is 1. The van der Waals surface area contributed by atoms with Gasteiger partial charge in [-0.15, -0.1) is 0 Å². The molecule has 1 aliphatic heterocycles. The number of esters is 1. The molecule has 0 spiro atoms. The molecule has 10 nitrogen and oxygen atoms in total. The summed E-state index contributed by atoms with van der Waals surface area (Å²) >= 11 is 0. The summed E-state index contributed by atoms with van der Waals surface area (Å²) in [6, 6.07) is 18.9. The highest BCUT2D eigenvalue weighted by Gasteiger charge is 2.44. The number of hydrogen-bond donors (Lipinski definition) is 0. The van der Waals surface area contributed by atoms with E-state index in [1.54, 1.807) is 21.1 Å². The number of allylic oxidation sites excluding steroid dienone is 1. The first-order valence-electron chi connectivity index (χ1n) is 13.6. The first-order chi connectivity index (χ1) is 20.3. The number of aryl methyl sites for hydroxylation is 1. The summed E-state index contributed by atoms with van der Waals surface area (Å²) in [4.78, 5) is 36.9. The lowest BCUT2D eigenvalue weighted by molar-refractivity contribution is -0.385. The van der Waals surface area contributed by atoms with E-state index in [1.807, 2.05) is 48.5 Å². The summed E-state index contributed by atoms with van der Waals surface area (Å²) in [6.07, 6.45) is 4.71. The number of fused-ring (bicyclic) bond motifs is 1. The molecule has 2 aliphatic rings. The number of amides is 1. The number of nitrogens with zero attached hydrogens (tertiary/aromatic N) is 3. The lowest BCUT2D eigenvalue weighted by atomic mass is 9.77. The van der Waals surface area contributed by atoms with Crippen molar-refractivity contribution in [3.05, 3.63) is 105 Å². The van der Waals surface area contributed by atoms with Crippen LogP contribution < -0.4 is 9.47 Å². The Morgan fingerprint density at radius 1 is 1.02 bits per heavy atom. The summed E-state index contributed by atoms with van der Waals surface area (Å²) in [5.74, 6) is 0.229. The van der Waals surface area contributed by atoms with E-state index in [0.29, 0.717) is 11.3 Å². The first-order valence-corrected chi connectivity index (χ1v) is 13.6. The first kappa shape index (κ1) is 28.5. The number of methoxy groups -OCH3 is 2. The van der Waals surface area contributed by atoms with Crippen LogP contribution in [0.2, 0.25) is 0 Å². The number of hydrogen-bond acceptors (Lipinski definition) is 8. The van der Waals surface area contributed by atoms with Crippen LogP contribution in [-0.4, -0.2) is 48.3 Å². The Morgan fingerprint density at radius 3 is 2.31 bits per heavy atom. The monoisotopic (exact) mass is 569 g/mol. The van der Waals surface area contributed by atoms with Gasteiger partial charge >= 0.3 is 5.97 Å². The maximum absolute atomic E-state index is 13.6. The van der Waals surface area contributed by atoms with Gasteiger partial charge in [0.05, 0.1) is 36.5 Å². The molecule has 5 rings (SSSR count). The average Bonchev–Trinajstić information content (AvgIpc) is 3.40. The third-order valence-electron chi connectivity index (χ3n) is 7.63. The van der Waals surface area contributed by atoms with Crippen LogP contribution in [0, 0.1) is 23.0 Å². The minimum absolute atomic E-state index is 0.0337. The van der Waals surface area contributed by atoms with Crippen molar-refractivity contribution < 1.29 is 28.7 Å². The third-order valence-corrected chi connectivity index (χ3v) is 7.63. The van der Waals surface area contributed by atoms with Crippen LogP contribution in [0.4, 0.5) is 5.69 Å². The molecule has 42 heavy (non-hydrogen) atoms. The van der Waals surface area contributed by atoms with Crippen molar-refractivity contribution >= 4 is 29.4 Å². The second kappa shape index (κ2) is 12.3. The van der Waals surface area contributed by atoms with Crippen LogP contribution in [0.3, 0.4) is 0 Å². The predicted octanol–water partition coefficient (Wildman–Crippen LogP) is 5.90. The zero-order chi connectivity index (χ0) is 29.8. The molecule has 216 valence electrons. The summed E-state index contributed by atoms with van der Waals surface area (Å²) < 4.78 is 16.0. The van der Waals surface area contributed by atoms with E-state index in [0.717, 1.165) is 47.4 Å². The predicted molar refractivity (Wildman–Crippen MR) is 156 cm³/mol. The molecule has 0 N–H and O–H groups in total. The molecule has 3 aromatic rings. The average molecular weight is 570 g/mol.